The first-order chi connectivity index (χ1) is 12.2. The van der Waals surface area contributed by atoms with Gasteiger partial charge in [-0.3, -0.25) is 9.59 Å². The summed E-state index contributed by atoms with van der Waals surface area (Å²) in [4.78, 5) is 23.6. The third-order valence-electron chi connectivity index (χ3n) is 3.53. The van der Waals surface area contributed by atoms with E-state index < -0.39 is 0 Å². The zero-order chi connectivity index (χ0) is 17.9. The number of nitrogens with two attached hydrogens (primary N) is 1. The van der Waals surface area contributed by atoms with Crippen LogP contribution < -0.4 is 21.1 Å². The largest absolute Gasteiger partial charge is 0.484 e. The Bertz CT molecular complexity index is 672. The van der Waals surface area contributed by atoms with E-state index in [0.29, 0.717) is 37.4 Å². The van der Waals surface area contributed by atoms with E-state index in [1.807, 2.05) is 30.3 Å². The van der Waals surface area contributed by atoms with Crippen molar-refractivity contribution in [2.24, 2.45) is 5.73 Å². The number of carbonyl (C=O) groups excluding carboxylic acids is 2. The Balaban J connectivity index is 1.57. The van der Waals surface area contributed by atoms with Gasteiger partial charge in [0.05, 0.1) is 0 Å². The fraction of sp³-hybridized carbons (Fsp3) is 0.263. The number of amides is 2. The van der Waals surface area contributed by atoms with Gasteiger partial charge in [-0.1, -0.05) is 30.3 Å². The minimum absolute atomic E-state index is 0.0239. The van der Waals surface area contributed by atoms with E-state index in [2.05, 4.69) is 10.6 Å². The topological polar surface area (TPSA) is 93.5 Å². The molecule has 0 aromatic heterocycles. The van der Waals surface area contributed by atoms with Crippen molar-refractivity contribution < 1.29 is 14.3 Å². The third-order valence-corrected chi connectivity index (χ3v) is 3.53. The van der Waals surface area contributed by atoms with Crippen LogP contribution in [0.3, 0.4) is 0 Å². The summed E-state index contributed by atoms with van der Waals surface area (Å²) in [7, 11) is 0. The van der Waals surface area contributed by atoms with Crippen LogP contribution in [0, 0.1) is 0 Å². The number of ether oxygens (including phenoxy) is 1. The summed E-state index contributed by atoms with van der Waals surface area (Å²) in [5, 5.41) is 5.57. The molecule has 0 aliphatic heterocycles. The molecule has 2 aromatic carbocycles. The second kappa shape index (κ2) is 10.1. The lowest BCUT2D eigenvalue weighted by Crippen LogP contribution is -2.32. The first kappa shape index (κ1) is 18.5. The Kier molecular flexibility index (Phi) is 7.46. The average Bonchev–Trinajstić information content (AvgIpc) is 2.67. The Hall–Kier alpha value is -2.86. The Morgan fingerprint density at radius 3 is 2.28 bits per heavy atom. The molecule has 0 unspecified atom stereocenters. The number of benzene rings is 2. The molecule has 0 spiro atoms. The van der Waals surface area contributed by atoms with Crippen molar-refractivity contribution >= 4 is 11.8 Å². The summed E-state index contributed by atoms with van der Waals surface area (Å²) in [6, 6.07) is 16.3. The third kappa shape index (κ3) is 6.64. The minimum Gasteiger partial charge on any atom is -0.484 e. The molecule has 6 nitrogen and oxygen atoms in total. The molecule has 132 valence electrons. The molecule has 0 bridgehead atoms. The molecule has 0 aliphatic carbocycles. The molecule has 2 rings (SSSR count). The molecule has 0 aliphatic rings. The highest BCUT2D eigenvalue weighted by Gasteiger charge is 2.05. The molecule has 0 atom stereocenters. The smallest absolute Gasteiger partial charge is 0.257 e. The van der Waals surface area contributed by atoms with Gasteiger partial charge in [0.1, 0.15) is 5.75 Å². The lowest BCUT2D eigenvalue weighted by atomic mass is 10.1. The highest BCUT2D eigenvalue weighted by Crippen LogP contribution is 2.07. The zero-order valence-electron chi connectivity index (χ0n) is 14.0. The van der Waals surface area contributed by atoms with Gasteiger partial charge in [0, 0.05) is 25.2 Å². The van der Waals surface area contributed by atoms with Gasteiger partial charge in [0.25, 0.3) is 11.8 Å². The van der Waals surface area contributed by atoms with E-state index >= 15 is 0 Å². The standard InChI is InChI=1S/C19H23N3O3/c20-13-15-7-9-16(10-8-15)19(24)22-12-4-11-21-18(23)14-25-17-5-2-1-3-6-17/h1-3,5-10H,4,11-14,20H2,(H,21,23)(H,22,24). The van der Waals surface area contributed by atoms with Crippen LogP contribution in [0.4, 0.5) is 0 Å². The number of hydrogen-bond donors (Lipinski definition) is 3. The van der Waals surface area contributed by atoms with E-state index in [9.17, 15) is 9.59 Å². The first-order valence-electron chi connectivity index (χ1n) is 8.21. The van der Waals surface area contributed by atoms with Crippen LogP contribution in [0.15, 0.2) is 54.6 Å². The van der Waals surface area contributed by atoms with Gasteiger partial charge in [-0.05, 0) is 36.2 Å². The molecule has 0 saturated heterocycles. The fourth-order valence-corrected chi connectivity index (χ4v) is 2.13. The van der Waals surface area contributed by atoms with Gasteiger partial charge in [0.2, 0.25) is 0 Å². The van der Waals surface area contributed by atoms with Crippen LogP contribution >= 0.6 is 0 Å². The van der Waals surface area contributed by atoms with Crippen molar-refractivity contribution in [1.29, 1.82) is 0 Å². The molecule has 0 saturated carbocycles. The monoisotopic (exact) mass is 341 g/mol. The van der Waals surface area contributed by atoms with Gasteiger partial charge < -0.3 is 21.1 Å². The summed E-state index contributed by atoms with van der Waals surface area (Å²) >= 11 is 0. The minimum atomic E-state index is -0.187. The van der Waals surface area contributed by atoms with E-state index in [1.165, 1.54) is 0 Å². The highest BCUT2D eigenvalue weighted by molar-refractivity contribution is 5.94. The van der Waals surface area contributed by atoms with Gasteiger partial charge in [0.15, 0.2) is 6.61 Å². The van der Waals surface area contributed by atoms with Crippen LogP contribution in [0.25, 0.3) is 0 Å². The molecule has 25 heavy (non-hydrogen) atoms. The molecule has 0 radical (unpaired) electrons. The number of nitrogens with one attached hydrogen (secondary N) is 2. The number of carbonyl (C=O) groups is 2. The lowest BCUT2D eigenvalue weighted by Gasteiger charge is -2.08. The zero-order valence-corrected chi connectivity index (χ0v) is 14.0. The average molecular weight is 341 g/mol. The molecule has 2 aromatic rings. The van der Waals surface area contributed by atoms with Crippen LogP contribution in [-0.4, -0.2) is 31.5 Å². The second-order valence-corrected chi connectivity index (χ2v) is 5.46. The van der Waals surface area contributed by atoms with Crippen molar-refractivity contribution in [3.63, 3.8) is 0 Å². The fourth-order valence-electron chi connectivity index (χ4n) is 2.13. The maximum Gasteiger partial charge on any atom is 0.257 e. The van der Waals surface area contributed by atoms with E-state index in [-0.39, 0.29) is 18.4 Å². The van der Waals surface area contributed by atoms with Crippen LogP contribution in [0.5, 0.6) is 5.75 Å². The van der Waals surface area contributed by atoms with Crippen molar-refractivity contribution in [3.05, 3.63) is 65.7 Å². The Morgan fingerprint density at radius 2 is 1.60 bits per heavy atom. The van der Waals surface area contributed by atoms with Gasteiger partial charge in [-0.25, -0.2) is 0 Å². The number of para-hydroxylation sites is 1. The Labute approximate surface area is 147 Å². The number of hydrogen-bond acceptors (Lipinski definition) is 4. The quantitative estimate of drug-likeness (QED) is 0.602. The van der Waals surface area contributed by atoms with Crippen LogP contribution in [0.1, 0.15) is 22.3 Å². The summed E-state index contributed by atoms with van der Waals surface area (Å²) in [6.07, 6.45) is 0.643. The normalized spacial score (nSPS) is 10.1. The Morgan fingerprint density at radius 1 is 0.920 bits per heavy atom. The van der Waals surface area contributed by atoms with E-state index in [4.69, 9.17) is 10.5 Å². The van der Waals surface area contributed by atoms with Crippen LogP contribution in [0.2, 0.25) is 0 Å². The maximum atomic E-state index is 12.0. The predicted octanol–water partition coefficient (Wildman–Crippen LogP) is 1.46. The van der Waals surface area contributed by atoms with Crippen molar-refractivity contribution in [1.82, 2.24) is 10.6 Å². The van der Waals surface area contributed by atoms with E-state index in [1.54, 1.807) is 24.3 Å². The van der Waals surface area contributed by atoms with Crippen LogP contribution in [-0.2, 0) is 11.3 Å². The molecule has 0 fully saturated rings. The number of rotatable bonds is 9. The first-order valence-corrected chi connectivity index (χ1v) is 8.21. The van der Waals surface area contributed by atoms with Gasteiger partial charge >= 0.3 is 0 Å². The van der Waals surface area contributed by atoms with Crippen molar-refractivity contribution in [2.45, 2.75) is 13.0 Å². The highest BCUT2D eigenvalue weighted by atomic mass is 16.5. The molecule has 0 heterocycles. The molecular formula is C19H23N3O3. The lowest BCUT2D eigenvalue weighted by molar-refractivity contribution is -0.123. The molecule has 2 amide bonds. The summed E-state index contributed by atoms with van der Waals surface area (Å²) in [5.74, 6) is 0.334. The predicted molar refractivity (Wildman–Crippen MR) is 96.2 cm³/mol. The van der Waals surface area contributed by atoms with E-state index in [0.717, 1.165) is 5.56 Å². The maximum absolute atomic E-state index is 12.0. The molecule has 4 N–H and O–H groups in total. The van der Waals surface area contributed by atoms with Gasteiger partial charge in [-0.15, -0.1) is 0 Å². The summed E-state index contributed by atoms with van der Waals surface area (Å²) in [6.45, 7) is 1.39. The summed E-state index contributed by atoms with van der Waals surface area (Å²) in [5.41, 5.74) is 7.10. The van der Waals surface area contributed by atoms with Gasteiger partial charge in [-0.2, -0.15) is 0 Å². The van der Waals surface area contributed by atoms with Crippen molar-refractivity contribution in [3.8, 4) is 5.75 Å². The molecule has 6 heteroatoms. The molecular weight excluding hydrogens is 318 g/mol. The second-order valence-electron chi connectivity index (χ2n) is 5.46. The van der Waals surface area contributed by atoms with Crippen molar-refractivity contribution in [2.75, 3.05) is 19.7 Å². The summed E-state index contributed by atoms with van der Waals surface area (Å²) < 4.78 is 5.35. The SMILES string of the molecule is NCc1ccc(C(=O)NCCCNC(=O)COc2ccccc2)cc1.